The van der Waals surface area contributed by atoms with E-state index < -0.39 is 11.7 Å². The molecule has 0 bridgehead atoms. The van der Waals surface area contributed by atoms with E-state index in [0.29, 0.717) is 16.8 Å². The van der Waals surface area contributed by atoms with Crippen molar-refractivity contribution in [3.63, 3.8) is 0 Å². The van der Waals surface area contributed by atoms with Crippen LogP contribution in [-0.4, -0.2) is 16.1 Å². The second kappa shape index (κ2) is 7.12. The molecular weight excluding hydrogens is 355 g/mol. The summed E-state index contributed by atoms with van der Waals surface area (Å²) in [5.41, 5.74) is 3.86. The molecule has 2 aromatic carbocycles. The molecule has 5 heteroatoms. The van der Waals surface area contributed by atoms with Crippen molar-refractivity contribution in [2.45, 2.75) is 6.92 Å². The summed E-state index contributed by atoms with van der Waals surface area (Å²) < 4.78 is 15.0. The van der Waals surface area contributed by atoms with Crippen LogP contribution in [0.2, 0.25) is 0 Å². The molecule has 0 saturated heterocycles. The molecule has 0 aliphatic rings. The smallest absolute Gasteiger partial charge is 0.298 e. The van der Waals surface area contributed by atoms with Gasteiger partial charge in [-0.3, -0.25) is 9.59 Å². The van der Waals surface area contributed by atoms with Crippen molar-refractivity contribution in [3.05, 3.63) is 96.1 Å². The zero-order valence-electron chi connectivity index (χ0n) is 15.1. The molecule has 4 aromatic rings. The topological polar surface area (TPSA) is 50.6 Å². The van der Waals surface area contributed by atoms with E-state index in [9.17, 15) is 14.0 Å². The number of nitrogens with one attached hydrogen (secondary N) is 1. The first-order chi connectivity index (χ1) is 13.5. The van der Waals surface area contributed by atoms with Crippen LogP contribution in [0.15, 0.2) is 79.0 Å². The van der Waals surface area contributed by atoms with Gasteiger partial charge >= 0.3 is 0 Å². The molecular formula is C23H17FN2O2. The number of fused-ring (bicyclic) bond motifs is 1. The molecule has 0 aliphatic carbocycles. The molecule has 0 radical (unpaired) electrons. The quantitative estimate of drug-likeness (QED) is 0.410. The molecule has 1 N–H and O–H groups in total. The maximum atomic E-state index is 13.3. The molecule has 2 heterocycles. The summed E-state index contributed by atoms with van der Waals surface area (Å²) in [6, 6.07) is 20.4. The monoisotopic (exact) mass is 372 g/mol. The molecule has 0 aliphatic heterocycles. The summed E-state index contributed by atoms with van der Waals surface area (Å²) >= 11 is 0. The highest BCUT2D eigenvalue weighted by molar-refractivity contribution is 6.47. The largest absolute Gasteiger partial charge is 0.319 e. The Morgan fingerprint density at radius 2 is 1.64 bits per heavy atom. The van der Waals surface area contributed by atoms with Crippen molar-refractivity contribution in [2.75, 3.05) is 5.32 Å². The van der Waals surface area contributed by atoms with E-state index in [2.05, 4.69) is 5.32 Å². The molecule has 28 heavy (non-hydrogen) atoms. The van der Waals surface area contributed by atoms with Crippen LogP contribution in [0.3, 0.4) is 0 Å². The predicted octanol–water partition coefficient (Wildman–Crippen LogP) is 4.88. The molecule has 2 aromatic heterocycles. The van der Waals surface area contributed by atoms with Crippen molar-refractivity contribution < 1.29 is 14.0 Å². The summed E-state index contributed by atoms with van der Waals surface area (Å²) in [5.74, 6) is -1.75. The number of ketones is 1. The van der Waals surface area contributed by atoms with Crippen LogP contribution in [0.25, 0.3) is 16.6 Å². The Hall–Kier alpha value is -3.73. The number of benzene rings is 2. The van der Waals surface area contributed by atoms with Crippen LogP contribution in [0.4, 0.5) is 10.1 Å². The van der Waals surface area contributed by atoms with E-state index in [1.54, 1.807) is 40.9 Å². The van der Waals surface area contributed by atoms with Crippen LogP contribution in [0.5, 0.6) is 0 Å². The average Bonchev–Trinajstić information content (AvgIpc) is 3.09. The number of halogens is 1. The highest BCUT2D eigenvalue weighted by Crippen LogP contribution is 2.28. The summed E-state index contributed by atoms with van der Waals surface area (Å²) in [6.45, 7) is 1.94. The van der Waals surface area contributed by atoms with E-state index >= 15 is 0 Å². The zero-order valence-corrected chi connectivity index (χ0v) is 15.1. The van der Waals surface area contributed by atoms with E-state index in [0.717, 1.165) is 11.1 Å². The second-order valence-corrected chi connectivity index (χ2v) is 6.56. The van der Waals surface area contributed by atoms with Crippen LogP contribution in [0.1, 0.15) is 16.1 Å². The van der Waals surface area contributed by atoms with Gasteiger partial charge in [0, 0.05) is 23.0 Å². The molecule has 0 saturated carbocycles. The fourth-order valence-electron chi connectivity index (χ4n) is 3.14. The fourth-order valence-corrected chi connectivity index (χ4v) is 3.14. The summed E-state index contributed by atoms with van der Waals surface area (Å²) in [7, 11) is 0. The van der Waals surface area contributed by atoms with Crippen LogP contribution in [0, 0.1) is 12.7 Å². The molecule has 1 amide bonds. The SMILES string of the molecule is Cc1ccc(NC(=O)C(=O)c2c(-c3ccc(F)cc3)cc3ccccn23)cc1. The number of anilines is 1. The van der Waals surface area contributed by atoms with Gasteiger partial charge in [-0.25, -0.2) is 4.39 Å². The number of nitrogens with zero attached hydrogens (tertiary/aromatic N) is 1. The summed E-state index contributed by atoms with van der Waals surface area (Å²) in [6.07, 6.45) is 1.73. The van der Waals surface area contributed by atoms with Gasteiger partial charge in [0.15, 0.2) is 0 Å². The lowest BCUT2D eigenvalue weighted by Gasteiger charge is -2.08. The first-order valence-corrected chi connectivity index (χ1v) is 8.81. The Bertz CT molecular complexity index is 1180. The lowest BCUT2D eigenvalue weighted by molar-refractivity contribution is -0.112. The van der Waals surface area contributed by atoms with Crippen molar-refractivity contribution in [2.24, 2.45) is 0 Å². The van der Waals surface area contributed by atoms with Gasteiger partial charge in [-0.15, -0.1) is 0 Å². The number of carbonyl (C=O) groups excluding carboxylic acids is 2. The second-order valence-electron chi connectivity index (χ2n) is 6.56. The van der Waals surface area contributed by atoms with E-state index in [4.69, 9.17) is 0 Å². The van der Waals surface area contributed by atoms with Crippen molar-refractivity contribution in [3.8, 4) is 11.1 Å². The third-order valence-corrected chi connectivity index (χ3v) is 4.57. The fraction of sp³-hybridized carbons (Fsp3) is 0.0435. The Morgan fingerprint density at radius 1 is 0.929 bits per heavy atom. The van der Waals surface area contributed by atoms with Crippen molar-refractivity contribution in [1.29, 1.82) is 0 Å². The molecule has 0 atom stereocenters. The first kappa shape index (κ1) is 17.7. The van der Waals surface area contributed by atoms with E-state index in [-0.39, 0.29) is 11.5 Å². The Kier molecular flexibility index (Phi) is 4.49. The molecule has 138 valence electrons. The standard InChI is InChI=1S/C23H17FN2O2/c1-15-5-11-18(12-6-15)25-23(28)22(27)21-20(16-7-9-17(24)10-8-16)14-19-4-2-3-13-26(19)21/h2-14H,1H3,(H,25,28). The zero-order chi connectivity index (χ0) is 19.7. The third kappa shape index (κ3) is 3.30. The molecule has 0 spiro atoms. The molecule has 0 fully saturated rings. The number of pyridine rings is 1. The molecule has 4 nitrogen and oxygen atoms in total. The molecule has 0 unspecified atom stereocenters. The van der Waals surface area contributed by atoms with Gasteiger partial charge in [0.1, 0.15) is 11.5 Å². The minimum absolute atomic E-state index is 0.242. The minimum atomic E-state index is -0.726. The normalized spacial score (nSPS) is 10.8. The van der Waals surface area contributed by atoms with Crippen LogP contribution in [-0.2, 0) is 4.79 Å². The van der Waals surface area contributed by atoms with Gasteiger partial charge in [-0.2, -0.15) is 0 Å². The van der Waals surface area contributed by atoms with Gasteiger partial charge in [-0.05, 0) is 55.0 Å². The number of rotatable bonds is 4. The van der Waals surface area contributed by atoms with Crippen molar-refractivity contribution >= 4 is 22.9 Å². The van der Waals surface area contributed by atoms with E-state index in [1.807, 2.05) is 37.3 Å². The third-order valence-electron chi connectivity index (χ3n) is 4.57. The molecule has 4 rings (SSSR count). The van der Waals surface area contributed by atoms with Gasteiger partial charge < -0.3 is 9.72 Å². The van der Waals surface area contributed by atoms with Gasteiger partial charge in [0.05, 0.1) is 0 Å². The van der Waals surface area contributed by atoms with E-state index in [1.165, 1.54) is 12.1 Å². The predicted molar refractivity (Wildman–Crippen MR) is 107 cm³/mol. The van der Waals surface area contributed by atoms with Gasteiger partial charge in [-0.1, -0.05) is 35.9 Å². The summed E-state index contributed by atoms with van der Waals surface area (Å²) in [5, 5.41) is 2.65. The first-order valence-electron chi connectivity index (χ1n) is 8.81. The number of hydrogen-bond donors (Lipinski definition) is 1. The highest BCUT2D eigenvalue weighted by atomic mass is 19.1. The van der Waals surface area contributed by atoms with Gasteiger partial charge in [0.25, 0.3) is 11.7 Å². The number of hydrogen-bond acceptors (Lipinski definition) is 2. The number of carbonyl (C=O) groups is 2. The Balaban J connectivity index is 1.76. The number of aryl methyl sites for hydroxylation is 1. The van der Waals surface area contributed by atoms with Crippen molar-refractivity contribution in [1.82, 2.24) is 4.40 Å². The van der Waals surface area contributed by atoms with Crippen LogP contribution >= 0.6 is 0 Å². The van der Waals surface area contributed by atoms with Crippen LogP contribution < -0.4 is 5.32 Å². The Morgan fingerprint density at radius 3 is 2.36 bits per heavy atom. The minimum Gasteiger partial charge on any atom is -0.319 e. The number of aromatic nitrogens is 1. The maximum Gasteiger partial charge on any atom is 0.298 e. The highest BCUT2D eigenvalue weighted by Gasteiger charge is 2.24. The Labute approximate surface area is 161 Å². The average molecular weight is 372 g/mol. The number of amides is 1. The van der Waals surface area contributed by atoms with Gasteiger partial charge in [0.2, 0.25) is 0 Å². The maximum absolute atomic E-state index is 13.3. The summed E-state index contributed by atoms with van der Waals surface area (Å²) in [4.78, 5) is 25.7. The lowest BCUT2D eigenvalue weighted by atomic mass is 10.0. The number of Topliss-reactive ketones (excluding diaryl/α,β-unsaturated/α-hetero) is 1. The lowest BCUT2D eigenvalue weighted by Crippen LogP contribution is -2.24.